The van der Waals surface area contributed by atoms with Crippen molar-refractivity contribution >= 4 is 12.1 Å². The van der Waals surface area contributed by atoms with Gasteiger partial charge in [-0.3, -0.25) is 25.3 Å². The number of aromatic nitrogens is 5. The molecular weight excluding hydrogens is 440 g/mol. The maximum atomic E-state index is 10.7. The Morgan fingerprint density at radius 2 is 1.97 bits per heavy atom. The Kier molecular flexibility index (Phi) is 9.19. The van der Waals surface area contributed by atoms with Gasteiger partial charge in [0.1, 0.15) is 22.7 Å². The summed E-state index contributed by atoms with van der Waals surface area (Å²) in [5, 5.41) is 27.8. The molecule has 2 unspecified atom stereocenters. The quantitative estimate of drug-likeness (QED) is 0.187. The monoisotopic (exact) mass is 476 g/mol. The van der Waals surface area contributed by atoms with E-state index in [1.165, 1.54) is 36.9 Å². The molecule has 1 saturated carbocycles. The van der Waals surface area contributed by atoms with Gasteiger partial charge in [0, 0.05) is 19.2 Å². The second-order valence-electron chi connectivity index (χ2n) is 8.93. The SMILES string of the molecule is CC(=N)n1nc(-c2cc(C3CC3c3ccc(C=O)nc3)nn2C)ccc1=N.CCCCCCNC. The van der Waals surface area contributed by atoms with Gasteiger partial charge in [0.2, 0.25) is 0 Å². The van der Waals surface area contributed by atoms with Crippen molar-refractivity contribution in [3.8, 4) is 11.4 Å². The number of nitrogens with one attached hydrogen (secondary N) is 3. The van der Waals surface area contributed by atoms with Crippen molar-refractivity contribution < 1.29 is 4.79 Å². The van der Waals surface area contributed by atoms with Crippen LogP contribution in [0.15, 0.2) is 36.5 Å². The summed E-state index contributed by atoms with van der Waals surface area (Å²) < 4.78 is 3.08. The summed E-state index contributed by atoms with van der Waals surface area (Å²) in [4.78, 5) is 14.9. The molecule has 35 heavy (non-hydrogen) atoms. The molecule has 3 aromatic rings. The molecule has 9 heteroatoms. The van der Waals surface area contributed by atoms with Gasteiger partial charge >= 0.3 is 0 Å². The summed E-state index contributed by atoms with van der Waals surface area (Å²) in [6.07, 6.45) is 8.96. The lowest BCUT2D eigenvalue weighted by Gasteiger charge is -2.06. The molecule has 9 nitrogen and oxygen atoms in total. The largest absolute Gasteiger partial charge is 0.320 e. The van der Waals surface area contributed by atoms with Crippen molar-refractivity contribution in [2.24, 2.45) is 7.05 Å². The number of hydrogen-bond donors (Lipinski definition) is 3. The molecule has 3 heterocycles. The van der Waals surface area contributed by atoms with Crippen molar-refractivity contribution in [3.63, 3.8) is 0 Å². The number of carbonyl (C=O) groups excluding carboxylic acids is 1. The second kappa shape index (κ2) is 12.3. The Morgan fingerprint density at radius 1 is 1.17 bits per heavy atom. The zero-order chi connectivity index (χ0) is 25.4. The molecule has 0 aliphatic heterocycles. The fraction of sp³-hybridized carbons (Fsp3) is 0.462. The molecule has 1 fully saturated rings. The number of hydrogen-bond acceptors (Lipinski definition) is 7. The first-order chi connectivity index (χ1) is 16.9. The Hall–Kier alpha value is -3.46. The van der Waals surface area contributed by atoms with Crippen molar-refractivity contribution in [2.45, 2.75) is 57.8 Å². The van der Waals surface area contributed by atoms with Crippen LogP contribution >= 0.6 is 0 Å². The number of pyridine rings is 1. The molecule has 0 spiro atoms. The molecule has 186 valence electrons. The Balaban J connectivity index is 0.000000371. The smallest absolute Gasteiger partial charge is 0.168 e. The molecule has 0 saturated heterocycles. The third kappa shape index (κ3) is 6.79. The van der Waals surface area contributed by atoms with Gasteiger partial charge in [0.15, 0.2) is 6.29 Å². The van der Waals surface area contributed by atoms with Gasteiger partial charge in [-0.25, -0.2) is 4.68 Å². The van der Waals surface area contributed by atoms with Crippen LogP contribution in [0.1, 0.15) is 79.5 Å². The van der Waals surface area contributed by atoms with Crippen LogP contribution in [0.3, 0.4) is 0 Å². The Labute approximate surface area is 206 Å². The summed E-state index contributed by atoms with van der Waals surface area (Å²) in [7, 11) is 3.88. The Bertz CT molecular complexity index is 1190. The van der Waals surface area contributed by atoms with Crippen LogP contribution < -0.4 is 10.8 Å². The summed E-state index contributed by atoms with van der Waals surface area (Å²) >= 11 is 0. The Morgan fingerprint density at radius 3 is 2.60 bits per heavy atom. The minimum absolute atomic E-state index is 0.169. The van der Waals surface area contributed by atoms with E-state index in [4.69, 9.17) is 10.8 Å². The predicted octanol–water partition coefficient (Wildman–Crippen LogP) is 3.87. The van der Waals surface area contributed by atoms with Gasteiger partial charge in [-0.15, -0.1) is 0 Å². The van der Waals surface area contributed by atoms with Crippen LogP contribution in [0, 0.1) is 10.8 Å². The lowest BCUT2D eigenvalue weighted by Crippen LogP contribution is -2.27. The van der Waals surface area contributed by atoms with Crippen molar-refractivity contribution in [1.29, 1.82) is 10.8 Å². The molecule has 0 radical (unpaired) electrons. The van der Waals surface area contributed by atoms with E-state index >= 15 is 0 Å². The van der Waals surface area contributed by atoms with Crippen molar-refractivity contribution in [2.75, 3.05) is 13.6 Å². The molecule has 3 aromatic heterocycles. The minimum atomic E-state index is 0.169. The zero-order valence-corrected chi connectivity index (χ0v) is 21.1. The summed E-state index contributed by atoms with van der Waals surface area (Å²) in [6, 6.07) is 9.12. The standard InChI is InChI=1S/C19H19N7O.C7H17N/c1-11(20)26-19(21)6-5-16(24-26)18-8-17(23-25(18)2)15-7-14(15)12-3-4-13(10-27)22-9-12;1-3-4-5-6-7-8-2/h3-6,8-10,14-15,20-21H,7H2,1-2H3;8H,3-7H2,1-2H3. The van der Waals surface area contributed by atoms with E-state index in [9.17, 15) is 4.79 Å². The van der Waals surface area contributed by atoms with Crippen LogP contribution in [-0.2, 0) is 7.05 Å². The molecule has 0 aromatic carbocycles. The van der Waals surface area contributed by atoms with E-state index in [0.29, 0.717) is 23.2 Å². The van der Waals surface area contributed by atoms with E-state index in [1.54, 1.807) is 36.0 Å². The summed E-state index contributed by atoms with van der Waals surface area (Å²) in [5.74, 6) is 0.872. The molecule has 3 N–H and O–H groups in total. The van der Waals surface area contributed by atoms with E-state index in [0.717, 1.165) is 29.7 Å². The first-order valence-electron chi connectivity index (χ1n) is 12.2. The number of rotatable bonds is 9. The molecule has 1 aliphatic rings. The molecule has 0 bridgehead atoms. The highest BCUT2D eigenvalue weighted by molar-refractivity contribution is 5.77. The lowest BCUT2D eigenvalue weighted by molar-refractivity contribution is 0.111. The third-order valence-corrected chi connectivity index (χ3v) is 6.12. The topological polar surface area (TPSA) is 125 Å². The number of aryl methyl sites for hydroxylation is 1. The first-order valence-corrected chi connectivity index (χ1v) is 12.2. The average molecular weight is 477 g/mol. The predicted molar refractivity (Wildman–Crippen MR) is 137 cm³/mol. The van der Waals surface area contributed by atoms with Crippen molar-refractivity contribution in [3.05, 3.63) is 59.0 Å². The lowest BCUT2D eigenvalue weighted by atomic mass is 10.1. The summed E-state index contributed by atoms with van der Waals surface area (Å²) in [5.41, 5.74) is 4.24. The van der Waals surface area contributed by atoms with Crippen LogP contribution in [0.2, 0.25) is 0 Å². The van der Waals surface area contributed by atoms with E-state index in [1.807, 2.05) is 26.2 Å². The van der Waals surface area contributed by atoms with Gasteiger partial charge < -0.3 is 5.32 Å². The number of nitrogens with zero attached hydrogens (tertiary/aromatic N) is 5. The maximum Gasteiger partial charge on any atom is 0.168 e. The molecular formula is C26H36N8O. The van der Waals surface area contributed by atoms with Crippen LogP contribution in [0.4, 0.5) is 0 Å². The minimum Gasteiger partial charge on any atom is -0.320 e. The number of aldehydes is 1. The van der Waals surface area contributed by atoms with Crippen LogP contribution in [0.25, 0.3) is 11.4 Å². The molecule has 0 amide bonds. The molecule has 1 aliphatic carbocycles. The van der Waals surface area contributed by atoms with Gasteiger partial charge in [0.05, 0.1) is 11.4 Å². The number of carbonyl (C=O) groups is 1. The zero-order valence-electron chi connectivity index (χ0n) is 21.1. The fourth-order valence-corrected chi connectivity index (χ4v) is 4.05. The van der Waals surface area contributed by atoms with Gasteiger partial charge in [-0.2, -0.15) is 10.2 Å². The maximum absolute atomic E-state index is 10.7. The van der Waals surface area contributed by atoms with Crippen LogP contribution in [-0.4, -0.2) is 50.3 Å². The van der Waals surface area contributed by atoms with E-state index < -0.39 is 0 Å². The first kappa shape index (κ1) is 26.2. The van der Waals surface area contributed by atoms with Crippen LogP contribution in [0.5, 0.6) is 0 Å². The summed E-state index contributed by atoms with van der Waals surface area (Å²) in [6.45, 7) is 5.02. The van der Waals surface area contributed by atoms with E-state index in [2.05, 4.69) is 27.4 Å². The van der Waals surface area contributed by atoms with Gasteiger partial charge in [-0.1, -0.05) is 32.3 Å². The third-order valence-electron chi connectivity index (χ3n) is 6.12. The average Bonchev–Trinajstić information content (AvgIpc) is 3.57. The van der Waals surface area contributed by atoms with E-state index in [-0.39, 0.29) is 11.3 Å². The highest BCUT2D eigenvalue weighted by Crippen LogP contribution is 2.54. The van der Waals surface area contributed by atoms with Gasteiger partial charge in [-0.05, 0) is 69.1 Å². The fourth-order valence-electron chi connectivity index (χ4n) is 4.05. The number of unbranched alkanes of at least 4 members (excludes halogenated alkanes) is 3. The molecule has 2 atom stereocenters. The second-order valence-corrected chi connectivity index (χ2v) is 8.93. The normalized spacial score (nSPS) is 16.3. The highest BCUT2D eigenvalue weighted by Gasteiger charge is 2.41. The van der Waals surface area contributed by atoms with Gasteiger partial charge in [0.25, 0.3) is 0 Å². The van der Waals surface area contributed by atoms with Crippen molar-refractivity contribution in [1.82, 2.24) is 29.9 Å². The molecule has 4 rings (SSSR count). The highest BCUT2D eigenvalue weighted by atomic mass is 16.1.